The molecule has 2 aromatic heterocycles. The van der Waals surface area contributed by atoms with E-state index in [0.717, 1.165) is 46.0 Å². The molecule has 0 spiro atoms. The van der Waals surface area contributed by atoms with E-state index in [2.05, 4.69) is 9.97 Å². The van der Waals surface area contributed by atoms with Gasteiger partial charge in [0.05, 0.1) is 12.0 Å². The number of alkyl halides is 3. The van der Waals surface area contributed by atoms with Gasteiger partial charge in [0.2, 0.25) is 5.91 Å². The van der Waals surface area contributed by atoms with Gasteiger partial charge in [-0.3, -0.25) is 9.20 Å². The van der Waals surface area contributed by atoms with Crippen molar-refractivity contribution in [3.8, 4) is 11.3 Å². The van der Waals surface area contributed by atoms with Crippen LogP contribution < -0.4 is 10.6 Å². The summed E-state index contributed by atoms with van der Waals surface area (Å²) in [6.45, 7) is 2.36. The van der Waals surface area contributed by atoms with Crippen LogP contribution in [0.4, 0.5) is 24.7 Å². The lowest BCUT2D eigenvalue weighted by molar-refractivity contribution is -0.137. The number of nitrogen functional groups attached to an aromatic ring is 1. The van der Waals surface area contributed by atoms with Gasteiger partial charge in [-0.05, 0) is 42.7 Å². The molecule has 0 radical (unpaired) electrons. The van der Waals surface area contributed by atoms with Crippen molar-refractivity contribution in [3.63, 3.8) is 0 Å². The molecule has 1 aliphatic rings. The van der Waals surface area contributed by atoms with E-state index < -0.39 is 11.7 Å². The van der Waals surface area contributed by atoms with E-state index in [4.69, 9.17) is 5.73 Å². The Morgan fingerprint density at radius 1 is 1.18 bits per heavy atom. The quantitative estimate of drug-likeness (QED) is 0.500. The Morgan fingerprint density at radius 2 is 2.00 bits per heavy atom. The van der Waals surface area contributed by atoms with Gasteiger partial charge in [0, 0.05) is 30.2 Å². The van der Waals surface area contributed by atoms with Gasteiger partial charge in [-0.15, -0.1) is 0 Å². The number of aryl methyl sites for hydroxylation is 1. The molecule has 6 nitrogen and oxygen atoms in total. The molecule has 0 fully saturated rings. The molecule has 9 heteroatoms. The van der Waals surface area contributed by atoms with Crippen molar-refractivity contribution in [3.05, 3.63) is 77.4 Å². The molecule has 0 atom stereocenters. The average molecular weight is 451 g/mol. The van der Waals surface area contributed by atoms with E-state index in [0.29, 0.717) is 24.3 Å². The van der Waals surface area contributed by atoms with Crippen molar-refractivity contribution in [2.45, 2.75) is 25.9 Å². The van der Waals surface area contributed by atoms with Crippen LogP contribution in [0.5, 0.6) is 0 Å². The van der Waals surface area contributed by atoms with Crippen LogP contribution in [0.3, 0.4) is 0 Å². The van der Waals surface area contributed by atoms with Crippen molar-refractivity contribution >= 4 is 22.9 Å². The highest BCUT2D eigenvalue weighted by Crippen LogP contribution is 2.35. The van der Waals surface area contributed by atoms with Gasteiger partial charge in [-0.2, -0.15) is 13.2 Å². The molecule has 2 N–H and O–H groups in total. The summed E-state index contributed by atoms with van der Waals surface area (Å²) in [5.41, 5.74) is 9.73. The molecule has 3 heterocycles. The average Bonchev–Trinajstić information content (AvgIpc) is 3.35. The normalized spacial score (nSPS) is 13.5. The minimum Gasteiger partial charge on any atom is -0.382 e. The second kappa shape index (κ2) is 7.61. The van der Waals surface area contributed by atoms with Gasteiger partial charge in [0.15, 0.2) is 0 Å². The van der Waals surface area contributed by atoms with Crippen LogP contribution in [0.1, 0.15) is 22.5 Å². The number of benzene rings is 2. The zero-order valence-corrected chi connectivity index (χ0v) is 17.7. The second-order valence-electron chi connectivity index (χ2n) is 8.05. The zero-order valence-electron chi connectivity index (χ0n) is 17.7. The summed E-state index contributed by atoms with van der Waals surface area (Å²) >= 11 is 0. The minimum absolute atomic E-state index is 0.0990. The van der Waals surface area contributed by atoms with Gasteiger partial charge >= 0.3 is 6.18 Å². The Labute approximate surface area is 187 Å². The van der Waals surface area contributed by atoms with Crippen molar-refractivity contribution in [2.75, 3.05) is 17.2 Å². The highest BCUT2D eigenvalue weighted by Gasteiger charge is 2.31. The fraction of sp³-hybridized carbons (Fsp3) is 0.208. The molecule has 168 valence electrons. The van der Waals surface area contributed by atoms with Gasteiger partial charge < -0.3 is 10.6 Å². The first kappa shape index (κ1) is 21.0. The third-order valence-corrected chi connectivity index (χ3v) is 5.92. The minimum atomic E-state index is -4.44. The SMILES string of the molecule is Cc1nc(-c2ccc3c(c2)CCN3C(=O)Cc2cccc(C(F)(F)F)c2)c2c(N)nccn12. The number of hydrogen-bond donors (Lipinski definition) is 1. The third kappa shape index (κ3) is 3.69. The highest BCUT2D eigenvalue weighted by molar-refractivity contribution is 5.97. The number of hydrogen-bond acceptors (Lipinski definition) is 4. The summed E-state index contributed by atoms with van der Waals surface area (Å²) in [7, 11) is 0. The Kier molecular flexibility index (Phi) is 4.84. The standard InChI is InChI=1S/C24H20F3N5O/c1-14-30-21(22-23(28)29-8-10-31(14)22)17-5-6-19-16(13-17)7-9-32(19)20(33)12-15-3-2-4-18(11-15)24(25,26)27/h2-6,8,10-11,13H,7,9,12H2,1H3,(H2,28,29). The largest absolute Gasteiger partial charge is 0.416 e. The fourth-order valence-electron chi connectivity index (χ4n) is 4.35. The van der Waals surface area contributed by atoms with Crippen LogP contribution in [-0.2, 0) is 23.8 Å². The van der Waals surface area contributed by atoms with Crippen LogP contribution in [-0.4, -0.2) is 26.8 Å². The molecular formula is C24H20F3N5O. The summed E-state index contributed by atoms with van der Waals surface area (Å²) in [6, 6.07) is 10.6. The summed E-state index contributed by atoms with van der Waals surface area (Å²) in [6.07, 6.45) is -0.463. The number of nitrogens with zero attached hydrogens (tertiary/aromatic N) is 4. The van der Waals surface area contributed by atoms with E-state index in [1.165, 1.54) is 12.1 Å². The van der Waals surface area contributed by atoms with Gasteiger partial charge in [-0.25, -0.2) is 9.97 Å². The molecular weight excluding hydrogens is 431 g/mol. The van der Waals surface area contributed by atoms with Crippen LogP contribution in [0.2, 0.25) is 0 Å². The maximum Gasteiger partial charge on any atom is 0.416 e. The molecule has 0 saturated heterocycles. The first-order chi connectivity index (χ1) is 15.7. The molecule has 2 aromatic carbocycles. The van der Waals surface area contributed by atoms with E-state index in [1.807, 2.05) is 29.5 Å². The first-order valence-corrected chi connectivity index (χ1v) is 10.4. The summed E-state index contributed by atoms with van der Waals surface area (Å²) in [5, 5.41) is 0. The van der Waals surface area contributed by atoms with Crippen molar-refractivity contribution in [1.29, 1.82) is 0 Å². The van der Waals surface area contributed by atoms with Crippen molar-refractivity contribution in [2.24, 2.45) is 0 Å². The Balaban J connectivity index is 1.43. The van der Waals surface area contributed by atoms with E-state index in [9.17, 15) is 18.0 Å². The molecule has 0 aliphatic carbocycles. The number of aromatic nitrogens is 3. The maximum atomic E-state index is 13.0. The second-order valence-corrected chi connectivity index (χ2v) is 8.05. The lowest BCUT2D eigenvalue weighted by atomic mass is 10.0. The lowest BCUT2D eigenvalue weighted by Crippen LogP contribution is -2.30. The monoisotopic (exact) mass is 451 g/mol. The highest BCUT2D eigenvalue weighted by atomic mass is 19.4. The molecule has 1 aliphatic heterocycles. The van der Waals surface area contributed by atoms with Gasteiger partial charge in [0.1, 0.15) is 22.9 Å². The van der Waals surface area contributed by atoms with Crippen LogP contribution >= 0.6 is 0 Å². The van der Waals surface area contributed by atoms with Crippen LogP contribution in [0.25, 0.3) is 16.8 Å². The van der Waals surface area contributed by atoms with Crippen molar-refractivity contribution in [1.82, 2.24) is 14.4 Å². The summed E-state index contributed by atoms with van der Waals surface area (Å²) < 4.78 is 40.9. The smallest absolute Gasteiger partial charge is 0.382 e. The van der Waals surface area contributed by atoms with E-state index in [-0.39, 0.29) is 12.3 Å². The maximum absolute atomic E-state index is 13.0. The molecule has 4 aromatic rings. The molecule has 0 unspecified atom stereocenters. The van der Waals surface area contributed by atoms with E-state index >= 15 is 0 Å². The molecule has 0 bridgehead atoms. The topological polar surface area (TPSA) is 76.5 Å². The number of amides is 1. The Bertz CT molecular complexity index is 1390. The number of halogens is 3. The summed E-state index contributed by atoms with van der Waals surface area (Å²) in [5.74, 6) is 0.927. The Hall–Kier alpha value is -3.88. The number of carbonyl (C=O) groups is 1. The number of carbonyl (C=O) groups excluding carboxylic acids is 1. The predicted molar refractivity (Wildman–Crippen MR) is 119 cm³/mol. The number of fused-ring (bicyclic) bond motifs is 2. The van der Waals surface area contributed by atoms with Crippen LogP contribution in [0, 0.1) is 6.92 Å². The number of imidazole rings is 1. The zero-order chi connectivity index (χ0) is 23.3. The summed E-state index contributed by atoms with van der Waals surface area (Å²) in [4.78, 5) is 23.4. The molecule has 5 rings (SSSR count). The number of rotatable bonds is 3. The predicted octanol–water partition coefficient (Wildman–Crippen LogP) is 4.44. The van der Waals surface area contributed by atoms with Gasteiger partial charge in [-0.1, -0.05) is 24.3 Å². The molecule has 1 amide bonds. The molecule has 0 saturated carbocycles. The lowest BCUT2D eigenvalue weighted by Gasteiger charge is -2.18. The fourth-order valence-corrected chi connectivity index (χ4v) is 4.35. The number of nitrogens with two attached hydrogens (primary N) is 1. The third-order valence-electron chi connectivity index (χ3n) is 5.92. The van der Waals surface area contributed by atoms with Crippen molar-refractivity contribution < 1.29 is 18.0 Å². The molecule has 33 heavy (non-hydrogen) atoms. The number of anilines is 2. The Morgan fingerprint density at radius 3 is 2.79 bits per heavy atom. The van der Waals surface area contributed by atoms with Gasteiger partial charge in [0.25, 0.3) is 0 Å². The van der Waals surface area contributed by atoms with E-state index in [1.54, 1.807) is 17.3 Å². The van der Waals surface area contributed by atoms with Crippen LogP contribution in [0.15, 0.2) is 54.9 Å². The first-order valence-electron chi connectivity index (χ1n) is 10.4.